The third-order valence-electron chi connectivity index (χ3n) is 4.83. The third-order valence-corrected chi connectivity index (χ3v) is 4.83. The number of amides is 1. The average Bonchev–Trinajstić information content (AvgIpc) is 2.50. The Kier molecular flexibility index (Phi) is 6.00. The van der Waals surface area contributed by atoms with Crippen LogP contribution >= 0.6 is 0 Å². The van der Waals surface area contributed by atoms with Crippen molar-refractivity contribution in [3.63, 3.8) is 0 Å². The van der Waals surface area contributed by atoms with E-state index in [1.165, 1.54) is 0 Å². The summed E-state index contributed by atoms with van der Waals surface area (Å²) >= 11 is 0. The zero-order valence-corrected chi connectivity index (χ0v) is 13.7. The number of carbonyl (C=O) groups excluding carboxylic acids is 2. The molecule has 0 bridgehead atoms. The Morgan fingerprint density at radius 3 is 2.45 bits per heavy atom. The molecule has 0 aliphatic carbocycles. The zero-order chi connectivity index (χ0) is 16.1. The van der Waals surface area contributed by atoms with Gasteiger partial charge in [-0.05, 0) is 25.7 Å². The summed E-state index contributed by atoms with van der Waals surface area (Å²) in [7, 11) is 0. The maximum atomic E-state index is 12.0. The minimum atomic E-state index is -0.302. The lowest BCUT2D eigenvalue weighted by molar-refractivity contribution is -0.191. The van der Waals surface area contributed by atoms with Crippen molar-refractivity contribution in [1.82, 2.24) is 5.32 Å². The first kappa shape index (κ1) is 17.0. The summed E-state index contributed by atoms with van der Waals surface area (Å²) in [4.78, 5) is 23.9. The average molecular weight is 309 g/mol. The summed E-state index contributed by atoms with van der Waals surface area (Å²) in [6.45, 7) is 6.63. The van der Waals surface area contributed by atoms with Crippen molar-refractivity contribution >= 4 is 11.9 Å². The van der Waals surface area contributed by atoms with Crippen LogP contribution in [0.1, 0.15) is 46.5 Å². The monoisotopic (exact) mass is 309 g/mol. The standard InChI is InChI=1S/C17H27NO4/c1-11-12(2)17-14(21-13(11)3)10-18-15(19)8-6-4-5-7-9-16(20)22-17/h4-5,11-14,17H,6-10H2,1-3H3,(H,18,19)/t11-,12-,13+,14-,17+/m1/s1. The van der Waals surface area contributed by atoms with Crippen molar-refractivity contribution < 1.29 is 19.1 Å². The Morgan fingerprint density at radius 1 is 1.05 bits per heavy atom. The molecule has 0 unspecified atom stereocenters. The second kappa shape index (κ2) is 7.77. The molecule has 0 saturated carbocycles. The van der Waals surface area contributed by atoms with Gasteiger partial charge in [0.15, 0.2) is 0 Å². The van der Waals surface area contributed by atoms with Crippen LogP contribution in [0.3, 0.4) is 0 Å². The molecule has 0 spiro atoms. The number of hydrogen-bond acceptors (Lipinski definition) is 4. The van der Waals surface area contributed by atoms with Crippen LogP contribution in [0.5, 0.6) is 0 Å². The van der Waals surface area contributed by atoms with E-state index in [0.29, 0.717) is 38.1 Å². The van der Waals surface area contributed by atoms with E-state index in [2.05, 4.69) is 19.2 Å². The molecule has 5 atom stereocenters. The van der Waals surface area contributed by atoms with Gasteiger partial charge < -0.3 is 14.8 Å². The Labute approximate surface area is 132 Å². The van der Waals surface area contributed by atoms with Gasteiger partial charge in [-0.2, -0.15) is 0 Å². The fraction of sp³-hybridized carbons (Fsp3) is 0.765. The number of fused-ring (bicyclic) bond motifs is 1. The van der Waals surface area contributed by atoms with E-state index >= 15 is 0 Å². The molecule has 1 N–H and O–H groups in total. The number of rotatable bonds is 0. The number of ether oxygens (including phenoxy) is 2. The van der Waals surface area contributed by atoms with E-state index in [4.69, 9.17) is 9.47 Å². The SMILES string of the molecule is C[C@@H]1[C@@H](C)[C@H](C)O[C@@H]2CNC(=O)CCC=CCCC(=O)O[C@@H]12. The van der Waals surface area contributed by atoms with Gasteiger partial charge >= 0.3 is 5.97 Å². The fourth-order valence-corrected chi connectivity index (χ4v) is 3.05. The smallest absolute Gasteiger partial charge is 0.306 e. The molecule has 1 amide bonds. The summed E-state index contributed by atoms with van der Waals surface area (Å²) in [5.74, 6) is 0.328. The molecule has 22 heavy (non-hydrogen) atoms. The van der Waals surface area contributed by atoms with Gasteiger partial charge in [0.2, 0.25) is 5.91 Å². The van der Waals surface area contributed by atoms with Crippen LogP contribution in [0.25, 0.3) is 0 Å². The molecular weight excluding hydrogens is 282 g/mol. The van der Waals surface area contributed by atoms with Crippen molar-refractivity contribution in [2.24, 2.45) is 11.8 Å². The Hall–Kier alpha value is -1.36. The van der Waals surface area contributed by atoms with Crippen LogP contribution in [-0.4, -0.2) is 36.7 Å². The van der Waals surface area contributed by atoms with Crippen LogP contribution in [0, 0.1) is 11.8 Å². The topological polar surface area (TPSA) is 64.6 Å². The fourth-order valence-electron chi connectivity index (χ4n) is 3.05. The molecule has 2 aliphatic heterocycles. The van der Waals surface area contributed by atoms with Crippen LogP contribution in [0.15, 0.2) is 12.2 Å². The van der Waals surface area contributed by atoms with Gasteiger partial charge in [0.1, 0.15) is 12.2 Å². The van der Waals surface area contributed by atoms with Crippen molar-refractivity contribution in [3.05, 3.63) is 12.2 Å². The predicted molar refractivity (Wildman–Crippen MR) is 83.2 cm³/mol. The quantitative estimate of drug-likeness (QED) is 0.550. The van der Waals surface area contributed by atoms with E-state index in [9.17, 15) is 9.59 Å². The van der Waals surface area contributed by atoms with Gasteiger partial charge in [-0.25, -0.2) is 0 Å². The lowest BCUT2D eigenvalue weighted by Gasteiger charge is -2.43. The van der Waals surface area contributed by atoms with Gasteiger partial charge in [0.05, 0.1) is 6.10 Å². The Bertz CT molecular complexity index is 434. The molecular formula is C17H27NO4. The first-order valence-electron chi connectivity index (χ1n) is 8.25. The second-order valence-corrected chi connectivity index (χ2v) is 6.41. The molecule has 5 nitrogen and oxygen atoms in total. The van der Waals surface area contributed by atoms with Crippen molar-refractivity contribution in [1.29, 1.82) is 0 Å². The van der Waals surface area contributed by atoms with Crippen molar-refractivity contribution in [2.45, 2.75) is 64.8 Å². The Balaban J connectivity index is 2.12. The number of carbonyl (C=O) groups is 2. The van der Waals surface area contributed by atoms with Crippen LogP contribution in [-0.2, 0) is 19.1 Å². The third kappa shape index (κ3) is 4.32. The van der Waals surface area contributed by atoms with E-state index in [0.717, 1.165) is 0 Å². The zero-order valence-electron chi connectivity index (χ0n) is 13.7. The summed E-state index contributed by atoms with van der Waals surface area (Å²) in [5, 5.41) is 2.90. The van der Waals surface area contributed by atoms with Gasteiger partial charge in [-0.3, -0.25) is 9.59 Å². The number of allylic oxidation sites excluding steroid dienone is 2. The van der Waals surface area contributed by atoms with E-state index in [-0.39, 0.29) is 36.1 Å². The molecule has 2 aliphatic rings. The van der Waals surface area contributed by atoms with Crippen LogP contribution in [0.4, 0.5) is 0 Å². The first-order valence-corrected chi connectivity index (χ1v) is 8.25. The molecule has 5 heteroatoms. The van der Waals surface area contributed by atoms with Crippen LogP contribution < -0.4 is 5.32 Å². The summed E-state index contributed by atoms with van der Waals surface area (Å²) in [6.07, 6.45) is 5.58. The van der Waals surface area contributed by atoms with E-state index in [1.807, 2.05) is 19.1 Å². The number of esters is 1. The number of nitrogens with one attached hydrogen (secondary N) is 1. The summed E-state index contributed by atoms with van der Waals surface area (Å²) in [6, 6.07) is 0. The van der Waals surface area contributed by atoms with Gasteiger partial charge in [0.25, 0.3) is 0 Å². The molecule has 124 valence electrons. The van der Waals surface area contributed by atoms with E-state index in [1.54, 1.807) is 0 Å². The van der Waals surface area contributed by atoms with E-state index < -0.39 is 0 Å². The molecule has 0 radical (unpaired) electrons. The molecule has 0 aromatic heterocycles. The highest BCUT2D eigenvalue weighted by Crippen LogP contribution is 2.32. The first-order chi connectivity index (χ1) is 10.5. The van der Waals surface area contributed by atoms with Gasteiger partial charge in [-0.15, -0.1) is 0 Å². The highest BCUT2D eigenvalue weighted by molar-refractivity contribution is 5.76. The lowest BCUT2D eigenvalue weighted by Crippen LogP contribution is -2.54. The molecule has 2 rings (SSSR count). The number of hydrogen-bond donors (Lipinski definition) is 1. The molecule has 2 heterocycles. The maximum absolute atomic E-state index is 12.0. The summed E-state index contributed by atoms with van der Waals surface area (Å²) in [5.41, 5.74) is 0. The lowest BCUT2D eigenvalue weighted by atomic mass is 9.81. The normalized spacial score (nSPS) is 37.9. The molecule has 1 fully saturated rings. The summed E-state index contributed by atoms with van der Waals surface area (Å²) < 4.78 is 11.7. The van der Waals surface area contributed by atoms with Crippen LogP contribution in [0.2, 0.25) is 0 Å². The van der Waals surface area contributed by atoms with Crippen molar-refractivity contribution in [2.75, 3.05) is 6.54 Å². The minimum absolute atomic E-state index is 0.0106. The maximum Gasteiger partial charge on any atom is 0.306 e. The van der Waals surface area contributed by atoms with Crippen molar-refractivity contribution in [3.8, 4) is 0 Å². The molecule has 1 saturated heterocycles. The minimum Gasteiger partial charge on any atom is -0.459 e. The predicted octanol–water partition coefficient (Wildman–Crippen LogP) is 2.20. The van der Waals surface area contributed by atoms with Gasteiger partial charge in [0, 0.05) is 25.3 Å². The highest BCUT2D eigenvalue weighted by Gasteiger charge is 2.41. The van der Waals surface area contributed by atoms with Gasteiger partial charge in [-0.1, -0.05) is 26.0 Å². The second-order valence-electron chi connectivity index (χ2n) is 6.41. The molecule has 0 aromatic carbocycles. The largest absolute Gasteiger partial charge is 0.459 e. The molecule has 0 aromatic rings. The Morgan fingerprint density at radius 2 is 1.73 bits per heavy atom. The highest BCUT2D eigenvalue weighted by atomic mass is 16.6.